The largest absolute Gasteiger partial charge is 0.330 e. The Balaban J connectivity index is 0.00000220. The number of hydrogen-bond acceptors (Lipinski definition) is 5. The molecule has 0 aromatic carbocycles. The van der Waals surface area contributed by atoms with Gasteiger partial charge in [-0.15, -0.1) is 12.4 Å². The summed E-state index contributed by atoms with van der Waals surface area (Å²) in [6, 6.07) is 0.0844. The summed E-state index contributed by atoms with van der Waals surface area (Å²) in [7, 11) is -1.27. The molecule has 0 bridgehead atoms. The zero-order valence-corrected chi connectivity index (χ0v) is 13.5. The molecule has 1 saturated heterocycles. The summed E-state index contributed by atoms with van der Waals surface area (Å²) in [6.45, 7) is 1.10. The van der Waals surface area contributed by atoms with Crippen LogP contribution in [0, 0.1) is 0 Å². The van der Waals surface area contributed by atoms with Crippen LogP contribution in [0.2, 0.25) is 0 Å². The van der Waals surface area contributed by atoms with E-state index >= 15 is 0 Å². The maximum absolute atomic E-state index is 12.2. The summed E-state index contributed by atoms with van der Waals surface area (Å²) in [5.41, 5.74) is -1.38. The lowest BCUT2D eigenvalue weighted by Gasteiger charge is -2.12. The van der Waals surface area contributed by atoms with Gasteiger partial charge in [0.2, 0.25) is 10.0 Å². The van der Waals surface area contributed by atoms with E-state index in [9.17, 15) is 18.0 Å². The number of hydrogen-bond donors (Lipinski definition) is 2. The molecule has 0 aliphatic carbocycles. The second-order valence-electron chi connectivity index (χ2n) is 4.90. The summed E-state index contributed by atoms with van der Waals surface area (Å²) in [5.74, 6) is 0. The van der Waals surface area contributed by atoms with E-state index in [2.05, 4.69) is 10.0 Å². The van der Waals surface area contributed by atoms with Crippen molar-refractivity contribution in [3.8, 4) is 0 Å². The number of sulfonamides is 1. The van der Waals surface area contributed by atoms with Crippen molar-refractivity contribution in [3.05, 3.63) is 27.0 Å². The average molecular weight is 339 g/mol. The van der Waals surface area contributed by atoms with Gasteiger partial charge >= 0.3 is 5.69 Å². The van der Waals surface area contributed by atoms with Crippen molar-refractivity contribution >= 4 is 22.4 Å². The van der Waals surface area contributed by atoms with Crippen LogP contribution in [0.4, 0.5) is 0 Å². The SMILES string of the molecule is Cl.Cn1cc(S(=O)(=O)NCC2CCCN2)c(=O)n(C)c1=O. The standard InChI is InChI=1S/C11H18N4O4S.ClH/c1-14-7-9(10(16)15(2)11(14)17)20(18,19)13-6-8-4-3-5-12-8;/h7-8,12-13H,3-6H2,1-2H3;1H. The molecule has 120 valence electrons. The molecule has 1 aliphatic rings. The Bertz CT molecular complexity index is 719. The molecule has 0 amide bonds. The average Bonchev–Trinajstić information content (AvgIpc) is 2.91. The summed E-state index contributed by atoms with van der Waals surface area (Å²) in [4.78, 5) is 23.0. The molecule has 1 atom stereocenters. The third-order valence-corrected chi connectivity index (χ3v) is 4.79. The van der Waals surface area contributed by atoms with Gasteiger partial charge in [-0.05, 0) is 19.4 Å². The van der Waals surface area contributed by atoms with Crippen molar-refractivity contribution in [2.24, 2.45) is 14.1 Å². The van der Waals surface area contributed by atoms with Gasteiger partial charge in [-0.1, -0.05) is 0 Å². The van der Waals surface area contributed by atoms with Gasteiger partial charge in [0.15, 0.2) is 4.90 Å². The number of aryl methyl sites for hydroxylation is 1. The first kappa shape index (κ1) is 17.9. The first-order valence-electron chi connectivity index (χ1n) is 6.32. The van der Waals surface area contributed by atoms with Crippen molar-refractivity contribution in [2.75, 3.05) is 13.1 Å². The van der Waals surface area contributed by atoms with Crippen LogP contribution in [0.25, 0.3) is 0 Å². The van der Waals surface area contributed by atoms with Gasteiger partial charge in [0.05, 0.1) is 0 Å². The van der Waals surface area contributed by atoms with Crippen molar-refractivity contribution in [1.29, 1.82) is 0 Å². The topological polar surface area (TPSA) is 102 Å². The highest BCUT2D eigenvalue weighted by atomic mass is 35.5. The summed E-state index contributed by atoms with van der Waals surface area (Å²) < 4.78 is 28.6. The van der Waals surface area contributed by atoms with Crippen LogP contribution < -0.4 is 21.3 Å². The Morgan fingerprint density at radius 2 is 2.05 bits per heavy atom. The molecule has 21 heavy (non-hydrogen) atoms. The van der Waals surface area contributed by atoms with E-state index in [1.54, 1.807) is 0 Å². The first-order chi connectivity index (χ1) is 9.33. The Hall–Kier alpha value is -1.16. The molecule has 1 unspecified atom stereocenters. The molecular weight excluding hydrogens is 320 g/mol. The maximum Gasteiger partial charge on any atom is 0.330 e. The number of nitrogens with one attached hydrogen (secondary N) is 2. The van der Waals surface area contributed by atoms with Gasteiger partial charge in [0.25, 0.3) is 5.56 Å². The number of rotatable bonds is 4. The second-order valence-corrected chi connectivity index (χ2v) is 6.63. The van der Waals surface area contributed by atoms with Crippen molar-refractivity contribution in [3.63, 3.8) is 0 Å². The van der Waals surface area contributed by atoms with Crippen LogP contribution in [0.15, 0.2) is 20.7 Å². The van der Waals surface area contributed by atoms with Crippen LogP contribution in [-0.4, -0.2) is 36.7 Å². The minimum Gasteiger partial charge on any atom is -0.313 e. The molecule has 10 heteroatoms. The molecule has 2 heterocycles. The lowest BCUT2D eigenvalue weighted by molar-refractivity contribution is 0.546. The molecule has 2 rings (SSSR count). The summed E-state index contributed by atoms with van der Waals surface area (Å²) in [6.07, 6.45) is 2.96. The third-order valence-electron chi connectivity index (χ3n) is 3.39. The molecule has 1 aliphatic heterocycles. The van der Waals surface area contributed by atoms with Crippen molar-refractivity contribution < 1.29 is 8.42 Å². The number of nitrogens with zero attached hydrogens (tertiary/aromatic N) is 2. The van der Waals surface area contributed by atoms with Gasteiger partial charge in [0, 0.05) is 32.9 Å². The Kier molecular flexibility index (Phi) is 5.74. The summed E-state index contributed by atoms with van der Waals surface area (Å²) in [5, 5.41) is 3.16. The van der Waals surface area contributed by atoms with Crippen LogP contribution in [0.5, 0.6) is 0 Å². The fraction of sp³-hybridized carbons (Fsp3) is 0.636. The van der Waals surface area contributed by atoms with Gasteiger partial charge in [-0.25, -0.2) is 17.9 Å². The van der Waals surface area contributed by atoms with E-state index in [1.165, 1.54) is 14.1 Å². The van der Waals surface area contributed by atoms with Crippen LogP contribution >= 0.6 is 12.4 Å². The van der Waals surface area contributed by atoms with E-state index < -0.39 is 26.2 Å². The second kappa shape index (κ2) is 6.73. The molecule has 1 aromatic heterocycles. The predicted octanol–water partition coefficient (Wildman–Crippen LogP) is -1.46. The maximum atomic E-state index is 12.2. The monoisotopic (exact) mass is 338 g/mol. The highest BCUT2D eigenvalue weighted by Crippen LogP contribution is 2.05. The Morgan fingerprint density at radius 3 is 2.62 bits per heavy atom. The van der Waals surface area contributed by atoms with E-state index in [0.29, 0.717) is 0 Å². The number of halogens is 1. The molecule has 8 nitrogen and oxygen atoms in total. The van der Waals surface area contributed by atoms with Gasteiger partial charge < -0.3 is 9.88 Å². The quantitative estimate of drug-likeness (QED) is 0.698. The first-order valence-corrected chi connectivity index (χ1v) is 7.81. The van der Waals surface area contributed by atoms with Crippen molar-refractivity contribution in [1.82, 2.24) is 19.2 Å². The fourth-order valence-electron chi connectivity index (χ4n) is 2.18. The summed E-state index contributed by atoms with van der Waals surface area (Å²) >= 11 is 0. The Morgan fingerprint density at radius 1 is 1.38 bits per heavy atom. The number of aromatic nitrogens is 2. The zero-order chi connectivity index (χ0) is 14.9. The smallest absolute Gasteiger partial charge is 0.313 e. The van der Waals surface area contributed by atoms with Gasteiger partial charge in [0.1, 0.15) is 0 Å². The van der Waals surface area contributed by atoms with E-state index in [4.69, 9.17) is 0 Å². The van der Waals surface area contributed by atoms with Crippen molar-refractivity contribution in [2.45, 2.75) is 23.8 Å². The molecule has 0 radical (unpaired) electrons. The van der Waals surface area contributed by atoms with Gasteiger partial charge in [-0.2, -0.15) is 0 Å². The van der Waals surface area contributed by atoms with E-state index in [0.717, 1.165) is 34.7 Å². The minimum atomic E-state index is -3.92. The fourth-order valence-corrected chi connectivity index (χ4v) is 3.42. The molecule has 1 aromatic rings. The lowest BCUT2D eigenvalue weighted by atomic mass is 10.2. The van der Waals surface area contributed by atoms with E-state index in [-0.39, 0.29) is 25.0 Å². The van der Waals surface area contributed by atoms with Crippen LogP contribution in [0.3, 0.4) is 0 Å². The van der Waals surface area contributed by atoms with Crippen LogP contribution in [-0.2, 0) is 24.1 Å². The zero-order valence-electron chi connectivity index (χ0n) is 11.8. The molecular formula is C11H19ClN4O4S. The van der Waals surface area contributed by atoms with E-state index in [1.807, 2.05) is 0 Å². The molecule has 0 saturated carbocycles. The van der Waals surface area contributed by atoms with Crippen LogP contribution in [0.1, 0.15) is 12.8 Å². The van der Waals surface area contributed by atoms with Gasteiger partial charge in [-0.3, -0.25) is 9.36 Å². The Labute approximate surface area is 128 Å². The highest BCUT2D eigenvalue weighted by molar-refractivity contribution is 7.89. The molecule has 2 N–H and O–H groups in total. The molecule has 1 fully saturated rings. The lowest BCUT2D eigenvalue weighted by Crippen LogP contribution is -2.43. The third kappa shape index (κ3) is 3.73. The normalized spacial score (nSPS) is 18.5. The highest BCUT2D eigenvalue weighted by Gasteiger charge is 2.23. The minimum absolute atomic E-state index is 0. The predicted molar refractivity (Wildman–Crippen MR) is 80.4 cm³/mol. The molecule has 0 spiro atoms.